The van der Waals surface area contributed by atoms with E-state index in [-0.39, 0.29) is 11.9 Å². The summed E-state index contributed by atoms with van der Waals surface area (Å²) in [5, 5.41) is 11.9. The highest BCUT2D eigenvalue weighted by Gasteiger charge is 2.20. The number of carbonyl (C=O) groups is 1. The summed E-state index contributed by atoms with van der Waals surface area (Å²) in [6.07, 6.45) is 0.470. The molecule has 0 saturated heterocycles. The standard InChI is InChI=1S/C12H19N3O4/c1-7(2)5-8(11(16)17)13-12-14-9(18-3)6-10(15-12)19-4/h6-8H,5H2,1-4H3,(H,16,17)(H,13,14,15). The molecule has 7 nitrogen and oxygen atoms in total. The Labute approximate surface area is 112 Å². The molecule has 0 aromatic carbocycles. The zero-order valence-corrected chi connectivity index (χ0v) is 11.5. The molecule has 0 aliphatic carbocycles. The van der Waals surface area contributed by atoms with Gasteiger partial charge < -0.3 is 19.9 Å². The van der Waals surface area contributed by atoms with Gasteiger partial charge in [0.2, 0.25) is 17.7 Å². The monoisotopic (exact) mass is 269 g/mol. The SMILES string of the molecule is COc1cc(OC)nc(NC(CC(C)C)C(=O)O)n1. The fourth-order valence-corrected chi connectivity index (χ4v) is 1.53. The molecule has 2 N–H and O–H groups in total. The molecule has 1 atom stereocenters. The van der Waals surface area contributed by atoms with Gasteiger partial charge in [0.15, 0.2) is 0 Å². The Morgan fingerprint density at radius 2 is 1.84 bits per heavy atom. The number of carboxylic acids is 1. The van der Waals surface area contributed by atoms with E-state index in [9.17, 15) is 4.79 Å². The van der Waals surface area contributed by atoms with Gasteiger partial charge in [-0.3, -0.25) is 0 Å². The molecule has 19 heavy (non-hydrogen) atoms. The van der Waals surface area contributed by atoms with E-state index in [1.54, 1.807) is 0 Å². The van der Waals surface area contributed by atoms with Crippen molar-refractivity contribution in [1.29, 1.82) is 0 Å². The molecule has 1 aromatic heterocycles. The Bertz CT molecular complexity index is 415. The largest absolute Gasteiger partial charge is 0.481 e. The van der Waals surface area contributed by atoms with E-state index in [4.69, 9.17) is 14.6 Å². The highest BCUT2D eigenvalue weighted by atomic mass is 16.5. The van der Waals surface area contributed by atoms with Crippen molar-refractivity contribution in [2.45, 2.75) is 26.3 Å². The lowest BCUT2D eigenvalue weighted by Crippen LogP contribution is -2.31. The van der Waals surface area contributed by atoms with Gasteiger partial charge in [0.05, 0.1) is 20.3 Å². The Morgan fingerprint density at radius 3 is 2.21 bits per heavy atom. The van der Waals surface area contributed by atoms with Crippen molar-refractivity contribution in [3.8, 4) is 11.8 Å². The number of aromatic nitrogens is 2. The second kappa shape index (κ2) is 6.77. The van der Waals surface area contributed by atoms with E-state index in [1.165, 1.54) is 20.3 Å². The summed E-state index contributed by atoms with van der Waals surface area (Å²) in [7, 11) is 2.93. The van der Waals surface area contributed by atoms with Crippen LogP contribution >= 0.6 is 0 Å². The molecule has 1 aromatic rings. The lowest BCUT2D eigenvalue weighted by molar-refractivity contribution is -0.138. The van der Waals surface area contributed by atoms with Gasteiger partial charge in [0, 0.05) is 0 Å². The Kier molecular flexibility index (Phi) is 5.35. The van der Waals surface area contributed by atoms with Crippen LogP contribution in [0.4, 0.5) is 5.95 Å². The molecular formula is C12H19N3O4. The normalized spacial score (nSPS) is 12.1. The lowest BCUT2D eigenvalue weighted by Gasteiger charge is -2.16. The van der Waals surface area contributed by atoms with E-state index in [2.05, 4.69) is 15.3 Å². The molecule has 0 spiro atoms. The van der Waals surface area contributed by atoms with Crippen LogP contribution in [0.15, 0.2) is 6.07 Å². The molecule has 0 radical (unpaired) electrons. The molecule has 1 heterocycles. The van der Waals surface area contributed by atoms with E-state index in [0.29, 0.717) is 18.2 Å². The van der Waals surface area contributed by atoms with Gasteiger partial charge >= 0.3 is 5.97 Å². The molecule has 7 heteroatoms. The number of hydrogen-bond donors (Lipinski definition) is 2. The average Bonchev–Trinajstić information content (AvgIpc) is 2.36. The third-order valence-electron chi connectivity index (χ3n) is 2.41. The van der Waals surface area contributed by atoms with Crippen molar-refractivity contribution in [2.24, 2.45) is 5.92 Å². The minimum absolute atomic E-state index is 0.171. The molecule has 0 saturated carbocycles. The summed E-state index contributed by atoms with van der Waals surface area (Å²) in [5.41, 5.74) is 0. The van der Waals surface area contributed by atoms with Crippen molar-refractivity contribution < 1.29 is 19.4 Å². The number of nitrogens with zero attached hydrogens (tertiary/aromatic N) is 2. The van der Waals surface area contributed by atoms with Crippen LogP contribution in [0.25, 0.3) is 0 Å². The molecule has 0 amide bonds. The Hall–Kier alpha value is -2.05. The second-order valence-electron chi connectivity index (χ2n) is 4.44. The summed E-state index contributed by atoms with van der Waals surface area (Å²) in [5.74, 6) is 0.0792. The number of anilines is 1. The van der Waals surface area contributed by atoms with Crippen LogP contribution in [0.3, 0.4) is 0 Å². The van der Waals surface area contributed by atoms with Crippen molar-refractivity contribution in [3.05, 3.63) is 6.07 Å². The smallest absolute Gasteiger partial charge is 0.326 e. The first-order valence-electron chi connectivity index (χ1n) is 5.92. The third kappa shape index (κ3) is 4.61. The quantitative estimate of drug-likeness (QED) is 0.772. The van der Waals surface area contributed by atoms with E-state index in [0.717, 1.165) is 0 Å². The maximum atomic E-state index is 11.2. The molecule has 1 unspecified atom stereocenters. The van der Waals surface area contributed by atoms with Crippen LogP contribution in [-0.4, -0.2) is 41.3 Å². The lowest BCUT2D eigenvalue weighted by atomic mass is 10.0. The van der Waals surface area contributed by atoms with E-state index in [1.807, 2.05) is 13.8 Å². The molecule has 0 aliphatic rings. The predicted octanol–water partition coefficient (Wildman–Crippen LogP) is 1.41. The first-order chi connectivity index (χ1) is 8.96. The summed E-state index contributed by atoms with van der Waals surface area (Å²) in [4.78, 5) is 19.3. The van der Waals surface area contributed by atoms with Crippen molar-refractivity contribution in [1.82, 2.24) is 9.97 Å². The number of aliphatic carboxylic acids is 1. The highest BCUT2D eigenvalue weighted by molar-refractivity contribution is 5.76. The van der Waals surface area contributed by atoms with Crippen LogP contribution < -0.4 is 14.8 Å². The van der Waals surface area contributed by atoms with E-state index < -0.39 is 12.0 Å². The number of methoxy groups -OCH3 is 2. The topological polar surface area (TPSA) is 93.6 Å². The molecular weight excluding hydrogens is 250 g/mol. The zero-order chi connectivity index (χ0) is 14.4. The predicted molar refractivity (Wildman–Crippen MR) is 69.6 cm³/mol. The fraction of sp³-hybridized carbons (Fsp3) is 0.583. The maximum Gasteiger partial charge on any atom is 0.326 e. The van der Waals surface area contributed by atoms with Crippen molar-refractivity contribution in [2.75, 3.05) is 19.5 Å². The number of carboxylic acid groups (broad SMARTS) is 1. The number of nitrogens with one attached hydrogen (secondary N) is 1. The van der Waals surface area contributed by atoms with Crippen LogP contribution in [0.5, 0.6) is 11.8 Å². The van der Waals surface area contributed by atoms with Gasteiger partial charge in [0.25, 0.3) is 0 Å². The number of rotatable bonds is 7. The third-order valence-corrected chi connectivity index (χ3v) is 2.41. The van der Waals surface area contributed by atoms with Gasteiger partial charge in [-0.15, -0.1) is 0 Å². The Balaban J connectivity index is 2.91. The first kappa shape index (κ1) is 15.0. The van der Waals surface area contributed by atoms with Crippen LogP contribution in [0, 0.1) is 5.92 Å². The van der Waals surface area contributed by atoms with Crippen LogP contribution in [0.1, 0.15) is 20.3 Å². The first-order valence-corrected chi connectivity index (χ1v) is 5.92. The fourth-order valence-electron chi connectivity index (χ4n) is 1.53. The van der Waals surface area contributed by atoms with Crippen LogP contribution in [-0.2, 0) is 4.79 Å². The minimum atomic E-state index is -0.945. The molecule has 0 fully saturated rings. The maximum absolute atomic E-state index is 11.2. The molecule has 106 valence electrons. The zero-order valence-electron chi connectivity index (χ0n) is 11.5. The summed E-state index contributed by atoms with van der Waals surface area (Å²) in [6, 6.07) is 0.764. The van der Waals surface area contributed by atoms with Crippen molar-refractivity contribution in [3.63, 3.8) is 0 Å². The van der Waals surface area contributed by atoms with Gasteiger partial charge in [-0.05, 0) is 12.3 Å². The molecule has 1 rings (SSSR count). The summed E-state index contributed by atoms with van der Waals surface area (Å²) in [6.45, 7) is 3.90. The van der Waals surface area contributed by atoms with Gasteiger partial charge in [-0.1, -0.05) is 13.8 Å². The second-order valence-corrected chi connectivity index (χ2v) is 4.44. The minimum Gasteiger partial charge on any atom is -0.481 e. The summed E-state index contributed by atoms with van der Waals surface area (Å²) < 4.78 is 10.0. The number of hydrogen-bond acceptors (Lipinski definition) is 6. The van der Waals surface area contributed by atoms with Gasteiger partial charge in [-0.2, -0.15) is 9.97 Å². The summed E-state index contributed by atoms with van der Waals surface area (Å²) >= 11 is 0. The average molecular weight is 269 g/mol. The van der Waals surface area contributed by atoms with Crippen molar-refractivity contribution >= 4 is 11.9 Å². The van der Waals surface area contributed by atoms with Crippen LogP contribution in [0.2, 0.25) is 0 Å². The number of ether oxygens (including phenoxy) is 2. The highest BCUT2D eigenvalue weighted by Crippen LogP contribution is 2.19. The van der Waals surface area contributed by atoms with Gasteiger partial charge in [-0.25, -0.2) is 4.79 Å². The van der Waals surface area contributed by atoms with E-state index >= 15 is 0 Å². The molecule has 0 aliphatic heterocycles. The Morgan fingerprint density at radius 1 is 1.32 bits per heavy atom. The molecule has 0 bridgehead atoms. The van der Waals surface area contributed by atoms with Gasteiger partial charge in [0.1, 0.15) is 6.04 Å².